The fraction of sp³-hybridized carbons (Fsp3) is 0.350. The van der Waals surface area contributed by atoms with Crippen molar-refractivity contribution in [3.05, 3.63) is 59.4 Å². The Kier molecular flexibility index (Phi) is 5.50. The highest BCUT2D eigenvalue weighted by Crippen LogP contribution is 2.21. The molecular weight excluding hydrogens is 300 g/mol. The summed E-state index contributed by atoms with van der Waals surface area (Å²) >= 11 is 0. The average molecular weight is 326 g/mol. The third kappa shape index (κ3) is 4.75. The highest BCUT2D eigenvalue weighted by molar-refractivity contribution is 5.68. The van der Waals surface area contributed by atoms with Crippen LogP contribution in [0, 0.1) is 13.8 Å². The highest BCUT2D eigenvalue weighted by Gasteiger charge is 2.15. The quantitative estimate of drug-likeness (QED) is 0.890. The lowest BCUT2D eigenvalue weighted by atomic mass is 10.2. The van der Waals surface area contributed by atoms with Crippen LogP contribution in [0.15, 0.2) is 42.5 Å². The van der Waals surface area contributed by atoms with Gasteiger partial charge in [-0.3, -0.25) is 0 Å². The van der Waals surface area contributed by atoms with Gasteiger partial charge in [0.1, 0.15) is 5.60 Å². The molecule has 0 bridgehead atoms. The van der Waals surface area contributed by atoms with Crippen LogP contribution in [-0.4, -0.2) is 22.8 Å². The molecule has 0 aliphatic carbocycles. The summed E-state index contributed by atoms with van der Waals surface area (Å²) in [5, 5.41) is 2.73. The molecule has 0 fully saturated rings. The molecule has 0 aliphatic heterocycles. The average Bonchev–Trinajstić information content (AvgIpc) is 2.77. The topological polar surface area (TPSA) is 43.3 Å². The zero-order valence-electron chi connectivity index (χ0n) is 15.1. The van der Waals surface area contributed by atoms with Gasteiger partial charge in [-0.25, -0.2) is 4.79 Å². The van der Waals surface area contributed by atoms with Gasteiger partial charge in [0.25, 0.3) is 0 Å². The summed E-state index contributed by atoms with van der Waals surface area (Å²) in [6, 6.07) is 12.4. The monoisotopic (exact) mass is 326 g/mol. The normalized spacial score (nSPS) is 11.7. The van der Waals surface area contributed by atoms with Crippen molar-refractivity contribution in [3.63, 3.8) is 0 Å². The SMILES string of the molecule is Cc1cc(C=CCNC(=O)OC(C)(C)C)c(C)n1-c1ccccc1. The zero-order valence-corrected chi connectivity index (χ0v) is 15.1. The van der Waals surface area contributed by atoms with Crippen molar-refractivity contribution in [2.75, 3.05) is 6.54 Å². The van der Waals surface area contributed by atoms with E-state index >= 15 is 0 Å². The number of nitrogens with zero attached hydrogens (tertiary/aromatic N) is 1. The molecule has 0 saturated carbocycles. The van der Waals surface area contributed by atoms with Gasteiger partial charge in [0.05, 0.1) is 0 Å². The Morgan fingerprint density at radius 3 is 2.50 bits per heavy atom. The van der Waals surface area contributed by atoms with Gasteiger partial charge in [-0.1, -0.05) is 30.4 Å². The maximum absolute atomic E-state index is 11.6. The molecule has 4 heteroatoms. The molecule has 1 aromatic carbocycles. The molecule has 0 radical (unpaired) electrons. The minimum Gasteiger partial charge on any atom is -0.444 e. The van der Waals surface area contributed by atoms with E-state index in [9.17, 15) is 4.79 Å². The van der Waals surface area contributed by atoms with E-state index in [4.69, 9.17) is 4.74 Å². The van der Waals surface area contributed by atoms with Crippen molar-refractivity contribution in [1.29, 1.82) is 0 Å². The Balaban J connectivity index is 2.03. The zero-order chi connectivity index (χ0) is 17.7. The lowest BCUT2D eigenvalue weighted by Crippen LogP contribution is -2.32. The van der Waals surface area contributed by atoms with Crippen molar-refractivity contribution in [3.8, 4) is 5.69 Å². The summed E-state index contributed by atoms with van der Waals surface area (Å²) in [6.07, 6.45) is 3.56. The molecule has 1 amide bonds. The van der Waals surface area contributed by atoms with Crippen LogP contribution in [0.2, 0.25) is 0 Å². The van der Waals surface area contributed by atoms with Crippen LogP contribution in [0.1, 0.15) is 37.7 Å². The number of ether oxygens (including phenoxy) is 1. The number of nitrogens with one attached hydrogen (secondary N) is 1. The van der Waals surface area contributed by atoms with Crippen LogP contribution in [0.25, 0.3) is 11.8 Å². The number of aryl methyl sites for hydroxylation is 1. The first-order valence-electron chi connectivity index (χ1n) is 8.16. The van der Waals surface area contributed by atoms with Crippen LogP contribution in [-0.2, 0) is 4.74 Å². The molecule has 0 unspecified atom stereocenters. The molecule has 0 saturated heterocycles. The van der Waals surface area contributed by atoms with E-state index in [1.807, 2.05) is 51.1 Å². The second kappa shape index (κ2) is 7.39. The number of hydrogen-bond acceptors (Lipinski definition) is 2. The van der Waals surface area contributed by atoms with Gasteiger partial charge in [-0.2, -0.15) is 0 Å². The minimum atomic E-state index is -0.478. The Morgan fingerprint density at radius 1 is 1.21 bits per heavy atom. The van der Waals surface area contributed by atoms with Gasteiger partial charge in [0.15, 0.2) is 0 Å². The number of carbonyl (C=O) groups excluding carboxylic acids is 1. The predicted molar refractivity (Wildman–Crippen MR) is 98.5 cm³/mol. The predicted octanol–water partition coefficient (Wildman–Crippen LogP) is 4.63. The van der Waals surface area contributed by atoms with Crippen LogP contribution in [0.3, 0.4) is 0 Å². The van der Waals surface area contributed by atoms with Crippen LogP contribution in [0.4, 0.5) is 4.79 Å². The summed E-state index contributed by atoms with van der Waals surface area (Å²) in [5.74, 6) is 0. The van der Waals surface area contributed by atoms with E-state index in [0.29, 0.717) is 6.54 Å². The summed E-state index contributed by atoms with van der Waals surface area (Å²) in [4.78, 5) is 11.6. The van der Waals surface area contributed by atoms with Crippen molar-refractivity contribution in [1.82, 2.24) is 9.88 Å². The number of carbonyl (C=O) groups is 1. The molecule has 2 aromatic rings. The largest absolute Gasteiger partial charge is 0.444 e. The summed E-state index contributed by atoms with van der Waals surface area (Å²) < 4.78 is 7.43. The Hall–Kier alpha value is -2.49. The molecule has 1 aromatic heterocycles. The number of aromatic nitrogens is 1. The number of rotatable bonds is 4. The maximum Gasteiger partial charge on any atom is 0.407 e. The van der Waals surface area contributed by atoms with E-state index in [2.05, 4.69) is 41.9 Å². The van der Waals surface area contributed by atoms with Crippen molar-refractivity contribution < 1.29 is 9.53 Å². The number of hydrogen-bond donors (Lipinski definition) is 1. The first kappa shape index (κ1) is 17.9. The highest BCUT2D eigenvalue weighted by atomic mass is 16.6. The smallest absolute Gasteiger partial charge is 0.407 e. The second-order valence-corrected chi connectivity index (χ2v) is 6.78. The third-order valence-electron chi connectivity index (χ3n) is 3.55. The molecule has 128 valence electrons. The molecule has 0 spiro atoms. The van der Waals surface area contributed by atoms with Gasteiger partial charge >= 0.3 is 6.09 Å². The van der Waals surface area contributed by atoms with E-state index in [-0.39, 0.29) is 0 Å². The lowest BCUT2D eigenvalue weighted by Gasteiger charge is -2.19. The molecule has 4 nitrogen and oxygen atoms in total. The maximum atomic E-state index is 11.6. The summed E-state index contributed by atoms with van der Waals surface area (Å²) in [7, 11) is 0. The number of benzene rings is 1. The standard InChI is InChI=1S/C20H26N2O2/c1-15-14-17(10-9-13-21-19(23)24-20(3,4)5)16(2)22(15)18-11-7-6-8-12-18/h6-12,14H,13H2,1-5H3,(H,21,23). The minimum absolute atomic E-state index is 0.401. The van der Waals surface area contributed by atoms with E-state index in [0.717, 1.165) is 11.3 Å². The summed E-state index contributed by atoms with van der Waals surface area (Å²) in [6.45, 7) is 10.2. The van der Waals surface area contributed by atoms with Gasteiger partial charge in [0, 0.05) is 23.6 Å². The fourth-order valence-electron chi connectivity index (χ4n) is 2.57. The van der Waals surface area contributed by atoms with Crippen molar-refractivity contribution in [2.24, 2.45) is 0 Å². The molecule has 0 atom stereocenters. The van der Waals surface area contributed by atoms with Gasteiger partial charge in [-0.15, -0.1) is 0 Å². The van der Waals surface area contributed by atoms with E-state index in [1.165, 1.54) is 11.4 Å². The van der Waals surface area contributed by atoms with Gasteiger partial charge in [-0.05, 0) is 58.4 Å². The van der Waals surface area contributed by atoms with Crippen LogP contribution in [0.5, 0.6) is 0 Å². The molecule has 1 heterocycles. The summed E-state index contributed by atoms with van der Waals surface area (Å²) in [5.41, 5.74) is 4.17. The Morgan fingerprint density at radius 2 is 1.88 bits per heavy atom. The second-order valence-electron chi connectivity index (χ2n) is 6.78. The van der Waals surface area contributed by atoms with Crippen molar-refractivity contribution >= 4 is 12.2 Å². The molecule has 1 N–H and O–H groups in total. The molecule has 24 heavy (non-hydrogen) atoms. The molecular formula is C20H26N2O2. The first-order chi connectivity index (χ1) is 11.3. The lowest BCUT2D eigenvalue weighted by molar-refractivity contribution is 0.0534. The number of amides is 1. The Bertz CT molecular complexity index is 722. The molecule has 2 rings (SSSR count). The van der Waals surface area contributed by atoms with Crippen molar-refractivity contribution in [2.45, 2.75) is 40.2 Å². The van der Waals surface area contributed by atoms with Gasteiger partial charge < -0.3 is 14.6 Å². The van der Waals surface area contributed by atoms with E-state index < -0.39 is 11.7 Å². The van der Waals surface area contributed by atoms with Gasteiger partial charge in [0.2, 0.25) is 0 Å². The fourth-order valence-corrected chi connectivity index (χ4v) is 2.57. The molecule has 0 aliphatic rings. The van der Waals surface area contributed by atoms with Crippen LogP contribution < -0.4 is 5.32 Å². The van der Waals surface area contributed by atoms with E-state index in [1.54, 1.807) is 0 Å². The Labute approximate surface area is 144 Å². The van der Waals surface area contributed by atoms with Crippen LogP contribution >= 0.6 is 0 Å². The third-order valence-corrected chi connectivity index (χ3v) is 3.55. The first-order valence-corrected chi connectivity index (χ1v) is 8.16. The number of para-hydroxylation sites is 1. The number of alkyl carbamates (subject to hydrolysis) is 1.